The summed E-state index contributed by atoms with van der Waals surface area (Å²) in [4.78, 5) is 0.472. The highest BCUT2D eigenvalue weighted by Gasteiger charge is 2.43. The molecule has 0 aliphatic heterocycles. The molecule has 1 aliphatic rings. The van der Waals surface area contributed by atoms with Gasteiger partial charge in [-0.3, -0.25) is 0 Å². The second-order valence-electron chi connectivity index (χ2n) is 4.44. The van der Waals surface area contributed by atoms with E-state index in [1.807, 2.05) is 6.92 Å². The van der Waals surface area contributed by atoms with E-state index in [2.05, 4.69) is 36.7 Å². The molecule has 0 amide bonds. The van der Waals surface area contributed by atoms with Gasteiger partial charge in [0.05, 0.1) is 17.8 Å². The molecule has 0 saturated heterocycles. The minimum absolute atomic E-state index is 0.0207. The van der Waals surface area contributed by atoms with Crippen LogP contribution in [0.5, 0.6) is 0 Å². The Balaban J connectivity index is 2.39. The first-order valence-corrected chi connectivity index (χ1v) is 6.35. The SMILES string of the molecule is CCOC1C(Br)CC1OC(C)(C)CC. The molecule has 3 heteroatoms. The molecule has 0 N–H and O–H groups in total. The van der Waals surface area contributed by atoms with Crippen LogP contribution in [0.15, 0.2) is 0 Å². The second kappa shape index (κ2) is 4.95. The van der Waals surface area contributed by atoms with Gasteiger partial charge in [-0.05, 0) is 33.6 Å². The van der Waals surface area contributed by atoms with Crippen molar-refractivity contribution in [2.45, 2.75) is 63.2 Å². The van der Waals surface area contributed by atoms with Crippen LogP contribution >= 0.6 is 15.9 Å². The van der Waals surface area contributed by atoms with E-state index >= 15 is 0 Å². The number of hydrogen-bond acceptors (Lipinski definition) is 2. The lowest BCUT2D eigenvalue weighted by Gasteiger charge is -2.44. The van der Waals surface area contributed by atoms with Gasteiger partial charge in [0.1, 0.15) is 0 Å². The number of ether oxygens (including phenoxy) is 2. The van der Waals surface area contributed by atoms with Gasteiger partial charge in [-0.2, -0.15) is 0 Å². The van der Waals surface area contributed by atoms with Crippen LogP contribution in [0.1, 0.15) is 40.5 Å². The monoisotopic (exact) mass is 264 g/mol. The van der Waals surface area contributed by atoms with Gasteiger partial charge < -0.3 is 9.47 Å². The van der Waals surface area contributed by atoms with Crippen molar-refractivity contribution in [2.24, 2.45) is 0 Å². The van der Waals surface area contributed by atoms with Crippen LogP contribution < -0.4 is 0 Å². The summed E-state index contributed by atoms with van der Waals surface area (Å²) in [6, 6.07) is 0. The predicted molar refractivity (Wildman–Crippen MR) is 62.0 cm³/mol. The van der Waals surface area contributed by atoms with Crippen molar-refractivity contribution in [3.8, 4) is 0 Å². The van der Waals surface area contributed by atoms with Gasteiger partial charge in [-0.15, -0.1) is 0 Å². The van der Waals surface area contributed by atoms with Gasteiger partial charge in [0.25, 0.3) is 0 Å². The number of halogens is 1. The zero-order chi connectivity index (χ0) is 10.8. The van der Waals surface area contributed by atoms with Crippen LogP contribution in [0.2, 0.25) is 0 Å². The van der Waals surface area contributed by atoms with Crippen LogP contribution in [0.3, 0.4) is 0 Å². The Morgan fingerprint density at radius 3 is 2.43 bits per heavy atom. The van der Waals surface area contributed by atoms with Crippen molar-refractivity contribution < 1.29 is 9.47 Å². The van der Waals surface area contributed by atoms with E-state index in [4.69, 9.17) is 9.47 Å². The highest BCUT2D eigenvalue weighted by molar-refractivity contribution is 9.09. The molecule has 1 saturated carbocycles. The lowest BCUT2D eigenvalue weighted by molar-refractivity contribution is -0.172. The van der Waals surface area contributed by atoms with E-state index in [-0.39, 0.29) is 17.8 Å². The van der Waals surface area contributed by atoms with Crippen molar-refractivity contribution in [3.63, 3.8) is 0 Å². The van der Waals surface area contributed by atoms with E-state index in [1.165, 1.54) is 0 Å². The van der Waals surface area contributed by atoms with Crippen LogP contribution in [0.4, 0.5) is 0 Å². The van der Waals surface area contributed by atoms with E-state index in [0.29, 0.717) is 4.83 Å². The molecule has 0 spiro atoms. The lowest BCUT2D eigenvalue weighted by Crippen LogP contribution is -2.53. The van der Waals surface area contributed by atoms with E-state index in [1.54, 1.807) is 0 Å². The second-order valence-corrected chi connectivity index (χ2v) is 5.62. The first-order valence-electron chi connectivity index (χ1n) is 5.43. The molecule has 2 nitrogen and oxygen atoms in total. The smallest absolute Gasteiger partial charge is 0.0962 e. The molecule has 0 radical (unpaired) electrons. The maximum absolute atomic E-state index is 6.00. The lowest BCUT2D eigenvalue weighted by atomic mass is 9.90. The molecule has 14 heavy (non-hydrogen) atoms. The molecule has 0 aromatic carbocycles. The van der Waals surface area contributed by atoms with Crippen LogP contribution in [0.25, 0.3) is 0 Å². The Kier molecular flexibility index (Phi) is 4.41. The largest absolute Gasteiger partial charge is 0.375 e. The Morgan fingerprint density at radius 2 is 2.00 bits per heavy atom. The molecular formula is C11H21BrO2. The standard InChI is InChI=1S/C11H21BrO2/c1-5-11(3,4)14-9-7-8(12)10(9)13-6-2/h8-10H,5-7H2,1-4H3. The van der Waals surface area contributed by atoms with E-state index in [0.717, 1.165) is 19.4 Å². The third kappa shape index (κ3) is 2.94. The number of hydrogen-bond donors (Lipinski definition) is 0. The Hall–Kier alpha value is 0.400. The highest BCUT2D eigenvalue weighted by atomic mass is 79.9. The summed E-state index contributed by atoms with van der Waals surface area (Å²) in [7, 11) is 0. The average Bonchev–Trinajstić information content (AvgIpc) is 2.13. The van der Waals surface area contributed by atoms with Crippen molar-refractivity contribution in [1.29, 1.82) is 0 Å². The van der Waals surface area contributed by atoms with Crippen molar-refractivity contribution in [2.75, 3.05) is 6.61 Å². The molecule has 3 unspecified atom stereocenters. The fourth-order valence-electron chi connectivity index (χ4n) is 1.54. The van der Waals surface area contributed by atoms with Gasteiger partial charge in [0.15, 0.2) is 0 Å². The van der Waals surface area contributed by atoms with Gasteiger partial charge in [0.2, 0.25) is 0 Å². The fraction of sp³-hybridized carbons (Fsp3) is 1.00. The summed E-state index contributed by atoms with van der Waals surface area (Å²) in [5, 5.41) is 0. The average molecular weight is 265 g/mol. The van der Waals surface area contributed by atoms with Crippen LogP contribution in [-0.2, 0) is 9.47 Å². The first kappa shape index (κ1) is 12.5. The predicted octanol–water partition coefficient (Wildman–Crippen LogP) is 3.13. The van der Waals surface area contributed by atoms with Gasteiger partial charge in [0, 0.05) is 11.4 Å². The molecule has 0 bridgehead atoms. The normalized spacial score (nSPS) is 32.8. The Labute approximate surface area is 95.5 Å². The third-order valence-corrected chi connectivity index (χ3v) is 3.76. The van der Waals surface area contributed by atoms with Crippen molar-refractivity contribution >= 4 is 15.9 Å². The molecule has 84 valence electrons. The Bertz CT molecular complexity index is 182. The van der Waals surface area contributed by atoms with Crippen molar-refractivity contribution in [3.05, 3.63) is 0 Å². The highest BCUT2D eigenvalue weighted by Crippen LogP contribution is 2.36. The quantitative estimate of drug-likeness (QED) is 0.711. The summed E-state index contributed by atoms with van der Waals surface area (Å²) in [6.45, 7) is 9.22. The maximum atomic E-state index is 6.00. The third-order valence-electron chi connectivity index (χ3n) is 2.86. The minimum atomic E-state index is -0.0207. The van der Waals surface area contributed by atoms with Gasteiger partial charge >= 0.3 is 0 Å². The minimum Gasteiger partial charge on any atom is -0.375 e. The zero-order valence-electron chi connectivity index (χ0n) is 9.55. The fourth-order valence-corrected chi connectivity index (χ4v) is 2.40. The van der Waals surface area contributed by atoms with E-state index < -0.39 is 0 Å². The molecule has 3 atom stereocenters. The summed E-state index contributed by atoms with van der Waals surface area (Å²) >= 11 is 3.59. The van der Waals surface area contributed by atoms with Gasteiger partial charge in [-0.25, -0.2) is 0 Å². The van der Waals surface area contributed by atoms with Crippen LogP contribution in [0, 0.1) is 0 Å². The van der Waals surface area contributed by atoms with Crippen molar-refractivity contribution in [1.82, 2.24) is 0 Å². The topological polar surface area (TPSA) is 18.5 Å². The number of alkyl halides is 1. The molecule has 1 rings (SSSR count). The number of rotatable bonds is 5. The molecular weight excluding hydrogens is 244 g/mol. The molecule has 1 fully saturated rings. The summed E-state index contributed by atoms with van der Waals surface area (Å²) in [5.41, 5.74) is -0.0207. The Morgan fingerprint density at radius 1 is 1.36 bits per heavy atom. The molecule has 0 heterocycles. The molecule has 1 aliphatic carbocycles. The molecule has 0 aromatic heterocycles. The van der Waals surface area contributed by atoms with Crippen LogP contribution in [-0.4, -0.2) is 29.2 Å². The summed E-state index contributed by atoms with van der Waals surface area (Å²) in [5.74, 6) is 0. The zero-order valence-corrected chi connectivity index (χ0v) is 11.1. The maximum Gasteiger partial charge on any atom is 0.0962 e. The summed E-state index contributed by atoms with van der Waals surface area (Å²) in [6.07, 6.45) is 2.61. The summed E-state index contributed by atoms with van der Waals surface area (Å²) < 4.78 is 11.6. The molecule has 0 aromatic rings. The van der Waals surface area contributed by atoms with Gasteiger partial charge in [-0.1, -0.05) is 22.9 Å². The first-order chi connectivity index (χ1) is 6.50. The van der Waals surface area contributed by atoms with E-state index in [9.17, 15) is 0 Å².